The lowest BCUT2D eigenvalue weighted by Crippen LogP contribution is -2.44. The number of allylic oxidation sites excluding steroid dienone is 16. The summed E-state index contributed by atoms with van der Waals surface area (Å²) < 4.78 is 22.6. The van der Waals surface area contributed by atoms with Crippen molar-refractivity contribution in [3.63, 3.8) is 0 Å². The third-order valence-electron chi connectivity index (χ3n) is 10.8. The number of ether oxygens (including phenoxy) is 4. The summed E-state index contributed by atoms with van der Waals surface area (Å²) in [5.41, 5.74) is 0. The van der Waals surface area contributed by atoms with E-state index in [1.165, 1.54) is 44.9 Å². The van der Waals surface area contributed by atoms with Crippen LogP contribution in [0.4, 0.5) is 0 Å². The molecule has 0 aliphatic carbocycles. The van der Waals surface area contributed by atoms with Gasteiger partial charge >= 0.3 is 11.9 Å². The number of likely N-dealkylation sites (N-methyl/N-ethyl adjacent to an activating group) is 1. The standard InChI is InChI=1S/C58H97NO8/c1-6-8-10-12-14-16-18-19-20-21-22-23-24-25-26-27-28-29-30-31-32-33-34-35-36-37-39-41-43-45-47-49-56(61)67-54(53-66-58(57(62)63)64-51-50-59(3,4)5)52-65-55(60)48-46-44-42-40-38-17-15-13-11-9-7-2/h8,10,13-16,19-20,22-23,25-26,28-29,31-32,54,58H,6-7,9,11-12,17-18,21,24,27,30,33-53H2,1-5H3/b10-8-,15-13-,16-14-,20-19-,23-22-,26-25-,29-28-,32-31-. The monoisotopic (exact) mass is 936 g/mol. The molecule has 0 saturated carbocycles. The number of nitrogens with zero attached hydrogens (tertiary/aromatic N) is 1. The van der Waals surface area contributed by atoms with Crippen molar-refractivity contribution in [1.29, 1.82) is 0 Å². The Morgan fingerprint density at radius 1 is 0.463 bits per heavy atom. The SMILES string of the molecule is CC/C=C\C/C=C\C/C=C\C/C=C\C/C=C\C/C=C\C/C=C\CCCCCCCCCCCC(=O)OC(COC(=O)CCCCCCC/C=C\CCCC)COC(OCC[N+](C)(C)C)C(=O)[O-]. The normalized spacial score (nSPS) is 13.6. The third-order valence-corrected chi connectivity index (χ3v) is 10.8. The highest BCUT2D eigenvalue weighted by Crippen LogP contribution is 2.14. The molecular weight excluding hydrogens is 839 g/mol. The van der Waals surface area contributed by atoms with Crippen LogP contribution >= 0.6 is 0 Å². The van der Waals surface area contributed by atoms with Crippen molar-refractivity contribution >= 4 is 17.9 Å². The van der Waals surface area contributed by atoms with E-state index in [0.717, 1.165) is 116 Å². The van der Waals surface area contributed by atoms with E-state index in [9.17, 15) is 19.5 Å². The van der Waals surface area contributed by atoms with Crippen LogP contribution in [0.3, 0.4) is 0 Å². The molecule has 0 aromatic rings. The maximum Gasteiger partial charge on any atom is 0.306 e. The average molecular weight is 936 g/mol. The van der Waals surface area contributed by atoms with Crippen molar-refractivity contribution in [3.05, 3.63) is 97.2 Å². The minimum Gasteiger partial charge on any atom is -0.545 e. The maximum absolute atomic E-state index is 12.8. The van der Waals surface area contributed by atoms with Gasteiger partial charge in [0.2, 0.25) is 0 Å². The Morgan fingerprint density at radius 2 is 0.851 bits per heavy atom. The van der Waals surface area contributed by atoms with Gasteiger partial charge in [-0.2, -0.15) is 0 Å². The summed E-state index contributed by atoms with van der Waals surface area (Å²) >= 11 is 0. The minimum absolute atomic E-state index is 0.141. The van der Waals surface area contributed by atoms with Crippen LogP contribution in [0.25, 0.3) is 0 Å². The molecule has 2 unspecified atom stereocenters. The summed E-state index contributed by atoms with van der Waals surface area (Å²) in [4.78, 5) is 37.1. The van der Waals surface area contributed by atoms with Crippen LogP contribution in [0.5, 0.6) is 0 Å². The lowest BCUT2D eigenvalue weighted by Gasteiger charge is -2.26. The number of carbonyl (C=O) groups excluding carboxylic acids is 3. The van der Waals surface area contributed by atoms with Crippen molar-refractivity contribution in [2.75, 3.05) is 47.5 Å². The average Bonchev–Trinajstić information content (AvgIpc) is 3.29. The van der Waals surface area contributed by atoms with Crippen molar-refractivity contribution < 1.29 is 42.9 Å². The van der Waals surface area contributed by atoms with Gasteiger partial charge in [-0.3, -0.25) is 9.59 Å². The number of aliphatic carboxylic acids is 1. The van der Waals surface area contributed by atoms with E-state index in [1.807, 2.05) is 21.1 Å². The Hall–Kier alpha value is -3.79. The number of esters is 2. The first kappa shape index (κ1) is 63.2. The topological polar surface area (TPSA) is 111 Å². The van der Waals surface area contributed by atoms with Crippen LogP contribution in [-0.2, 0) is 33.3 Å². The highest BCUT2D eigenvalue weighted by atomic mass is 16.7. The number of carboxylic acid groups (broad SMARTS) is 1. The minimum atomic E-state index is -1.63. The number of carbonyl (C=O) groups is 3. The van der Waals surface area contributed by atoms with Crippen LogP contribution in [0.2, 0.25) is 0 Å². The van der Waals surface area contributed by atoms with Crippen LogP contribution in [-0.4, -0.2) is 82.3 Å². The number of unbranched alkanes of at least 4 members (excludes halogenated alkanes) is 16. The van der Waals surface area contributed by atoms with E-state index in [1.54, 1.807) is 0 Å². The van der Waals surface area contributed by atoms with Gasteiger partial charge in [0.25, 0.3) is 0 Å². The highest BCUT2D eigenvalue weighted by Gasteiger charge is 2.21. The summed E-state index contributed by atoms with van der Waals surface area (Å²) in [5, 5.41) is 11.7. The summed E-state index contributed by atoms with van der Waals surface area (Å²) in [6.45, 7) is 4.55. The molecule has 67 heavy (non-hydrogen) atoms. The summed E-state index contributed by atoms with van der Waals surface area (Å²) in [5.74, 6) is -2.32. The molecule has 0 spiro atoms. The predicted molar refractivity (Wildman–Crippen MR) is 278 cm³/mol. The molecule has 0 radical (unpaired) electrons. The molecule has 0 aliphatic rings. The first-order valence-corrected chi connectivity index (χ1v) is 26.4. The van der Waals surface area contributed by atoms with E-state index < -0.39 is 24.3 Å². The first-order chi connectivity index (χ1) is 32.6. The van der Waals surface area contributed by atoms with Crippen molar-refractivity contribution in [3.8, 4) is 0 Å². The van der Waals surface area contributed by atoms with E-state index in [-0.39, 0.29) is 38.6 Å². The Kier molecular flexibility index (Phi) is 45.9. The van der Waals surface area contributed by atoms with E-state index >= 15 is 0 Å². The smallest absolute Gasteiger partial charge is 0.306 e. The fourth-order valence-electron chi connectivity index (χ4n) is 6.73. The fraction of sp³-hybridized carbons (Fsp3) is 0.672. The second-order valence-electron chi connectivity index (χ2n) is 18.4. The Labute approximate surface area is 410 Å². The molecule has 0 N–H and O–H groups in total. The molecule has 382 valence electrons. The number of hydrogen-bond donors (Lipinski definition) is 0. The molecule has 0 saturated heterocycles. The van der Waals surface area contributed by atoms with Crippen LogP contribution < -0.4 is 5.11 Å². The van der Waals surface area contributed by atoms with Gasteiger partial charge < -0.3 is 33.3 Å². The molecular formula is C58H97NO8. The van der Waals surface area contributed by atoms with Gasteiger partial charge in [-0.25, -0.2) is 0 Å². The lowest BCUT2D eigenvalue weighted by atomic mass is 10.1. The molecule has 0 rings (SSSR count). The van der Waals surface area contributed by atoms with Gasteiger partial charge in [0, 0.05) is 12.8 Å². The van der Waals surface area contributed by atoms with Crippen LogP contribution in [0.1, 0.15) is 194 Å². The van der Waals surface area contributed by atoms with Gasteiger partial charge in [0.05, 0.1) is 40.3 Å². The largest absolute Gasteiger partial charge is 0.545 e. The van der Waals surface area contributed by atoms with Crippen molar-refractivity contribution in [2.45, 2.75) is 206 Å². The predicted octanol–water partition coefficient (Wildman–Crippen LogP) is 13.7. The van der Waals surface area contributed by atoms with E-state index in [0.29, 0.717) is 17.4 Å². The molecule has 0 aromatic heterocycles. The molecule has 2 atom stereocenters. The quantitative estimate of drug-likeness (QED) is 0.0195. The molecule has 9 nitrogen and oxygen atoms in total. The second kappa shape index (κ2) is 48.7. The second-order valence-corrected chi connectivity index (χ2v) is 18.4. The fourth-order valence-corrected chi connectivity index (χ4v) is 6.73. The van der Waals surface area contributed by atoms with E-state index in [2.05, 4.69) is 111 Å². The molecule has 0 aliphatic heterocycles. The van der Waals surface area contributed by atoms with Gasteiger partial charge in [0.15, 0.2) is 12.4 Å². The number of rotatable bonds is 47. The van der Waals surface area contributed by atoms with Crippen molar-refractivity contribution in [1.82, 2.24) is 0 Å². The van der Waals surface area contributed by atoms with Gasteiger partial charge in [0.1, 0.15) is 13.2 Å². The first-order valence-electron chi connectivity index (χ1n) is 26.4. The summed E-state index contributed by atoms with van der Waals surface area (Å²) in [6.07, 6.45) is 61.7. The summed E-state index contributed by atoms with van der Waals surface area (Å²) in [7, 11) is 5.90. The third kappa shape index (κ3) is 49.9. The highest BCUT2D eigenvalue weighted by molar-refractivity contribution is 5.70. The Morgan fingerprint density at radius 3 is 1.28 bits per heavy atom. The zero-order chi connectivity index (χ0) is 49.2. The lowest BCUT2D eigenvalue weighted by molar-refractivity contribution is -0.870. The maximum atomic E-state index is 12.8. The van der Waals surface area contributed by atoms with E-state index in [4.69, 9.17) is 18.9 Å². The zero-order valence-corrected chi connectivity index (χ0v) is 43.2. The molecule has 0 aromatic carbocycles. The molecule has 0 bridgehead atoms. The van der Waals surface area contributed by atoms with Gasteiger partial charge in [-0.1, -0.05) is 188 Å². The van der Waals surface area contributed by atoms with Gasteiger partial charge in [-0.05, 0) is 89.9 Å². The molecule has 0 fully saturated rings. The Balaban J connectivity index is 4.24. The summed E-state index contributed by atoms with van der Waals surface area (Å²) in [6, 6.07) is 0. The van der Waals surface area contributed by atoms with Crippen LogP contribution in [0.15, 0.2) is 97.2 Å². The number of hydrogen-bond acceptors (Lipinski definition) is 8. The molecule has 9 heteroatoms. The van der Waals surface area contributed by atoms with Crippen molar-refractivity contribution in [2.24, 2.45) is 0 Å². The van der Waals surface area contributed by atoms with Gasteiger partial charge in [-0.15, -0.1) is 0 Å². The molecule has 0 amide bonds. The Bertz CT molecular complexity index is 1420. The zero-order valence-electron chi connectivity index (χ0n) is 43.2. The number of carboxylic acids is 1. The molecule has 0 heterocycles. The van der Waals surface area contributed by atoms with Crippen LogP contribution in [0, 0.1) is 0 Å². The number of quaternary nitrogens is 1.